The Labute approximate surface area is 78.2 Å². The van der Waals surface area contributed by atoms with Crippen LogP contribution in [0.25, 0.3) is 0 Å². The molecular formula is C11H13NO. The van der Waals surface area contributed by atoms with Crippen LogP contribution in [0.4, 0.5) is 5.69 Å². The summed E-state index contributed by atoms with van der Waals surface area (Å²) in [6, 6.07) is 6.20. The Morgan fingerprint density at radius 1 is 1.38 bits per heavy atom. The maximum Gasteiger partial charge on any atom is 0.190 e. The van der Waals surface area contributed by atoms with E-state index in [-0.39, 0.29) is 0 Å². The van der Waals surface area contributed by atoms with Gasteiger partial charge in [0, 0.05) is 0 Å². The molecule has 0 atom stereocenters. The SMILES string of the molecule is C=C1Nc2ccc(C(C)C)cc2O1. The number of fused-ring (bicyclic) bond motifs is 1. The van der Waals surface area contributed by atoms with Crippen molar-refractivity contribution in [3.63, 3.8) is 0 Å². The number of ether oxygens (including phenoxy) is 1. The standard InChI is InChI=1S/C11H13NO/c1-7(2)9-4-5-10-11(6-9)13-8(3)12-10/h4-7,12H,3H2,1-2H3. The van der Waals surface area contributed by atoms with Crippen LogP contribution < -0.4 is 10.1 Å². The van der Waals surface area contributed by atoms with Crippen molar-refractivity contribution in [2.45, 2.75) is 19.8 Å². The van der Waals surface area contributed by atoms with Gasteiger partial charge in [0.2, 0.25) is 0 Å². The Balaban J connectivity index is 2.40. The third-order valence-electron chi connectivity index (χ3n) is 2.18. The highest BCUT2D eigenvalue weighted by Crippen LogP contribution is 2.35. The van der Waals surface area contributed by atoms with Gasteiger partial charge in [0.15, 0.2) is 11.6 Å². The molecule has 0 aromatic heterocycles. The molecule has 0 unspecified atom stereocenters. The van der Waals surface area contributed by atoms with E-state index in [1.54, 1.807) is 0 Å². The molecular weight excluding hydrogens is 162 g/mol. The second kappa shape index (κ2) is 2.80. The zero-order chi connectivity index (χ0) is 9.42. The van der Waals surface area contributed by atoms with Crippen molar-refractivity contribution < 1.29 is 4.74 Å². The van der Waals surface area contributed by atoms with Crippen molar-refractivity contribution in [2.75, 3.05) is 5.32 Å². The molecule has 2 rings (SSSR count). The van der Waals surface area contributed by atoms with Crippen LogP contribution in [0.15, 0.2) is 30.7 Å². The number of rotatable bonds is 1. The number of anilines is 1. The molecule has 0 aliphatic carbocycles. The molecule has 1 aromatic carbocycles. The van der Waals surface area contributed by atoms with E-state index in [4.69, 9.17) is 4.74 Å². The normalized spacial score (nSPS) is 13.9. The van der Waals surface area contributed by atoms with Crippen molar-refractivity contribution >= 4 is 5.69 Å². The predicted molar refractivity (Wildman–Crippen MR) is 53.9 cm³/mol. The summed E-state index contributed by atoms with van der Waals surface area (Å²) in [6.07, 6.45) is 0. The van der Waals surface area contributed by atoms with Gasteiger partial charge in [-0.15, -0.1) is 0 Å². The van der Waals surface area contributed by atoms with Crippen molar-refractivity contribution in [3.8, 4) is 5.75 Å². The average Bonchev–Trinajstić information content (AvgIpc) is 2.42. The lowest BCUT2D eigenvalue weighted by Gasteiger charge is -2.05. The molecule has 0 fully saturated rings. The fourth-order valence-corrected chi connectivity index (χ4v) is 1.39. The zero-order valence-electron chi connectivity index (χ0n) is 7.92. The Bertz CT molecular complexity index is 355. The third-order valence-corrected chi connectivity index (χ3v) is 2.18. The number of nitrogens with one attached hydrogen (secondary N) is 1. The minimum absolute atomic E-state index is 0.530. The summed E-state index contributed by atoms with van der Waals surface area (Å²) in [4.78, 5) is 0. The first kappa shape index (κ1) is 8.17. The lowest BCUT2D eigenvalue weighted by Crippen LogP contribution is -1.92. The molecule has 1 N–H and O–H groups in total. The summed E-state index contributed by atoms with van der Waals surface area (Å²) in [5, 5.41) is 3.05. The van der Waals surface area contributed by atoms with Crippen molar-refractivity contribution in [3.05, 3.63) is 36.2 Å². The Kier molecular flexibility index (Phi) is 1.76. The van der Waals surface area contributed by atoms with Gasteiger partial charge in [-0.3, -0.25) is 0 Å². The lowest BCUT2D eigenvalue weighted by atomic mass is 10.0. The van der Waals surface area contributed by atoms with Crippen LogP contribution in [0.3, 0.4) is 0 Å². The molecule has 0 saturated heterocycles. The van der Waals surface area contributed by atoms with Gasteiger partial charge in [0.05, 0.1) is 5.69 Å². The minimum atomic E-state index is 0.530. The molecule has 2 heteroatoms. The molecule has 1 aliphatic heterocycles. The predicted octanol–water partition coefficient (Wildman–Crippen LogP) is 3.09. The smallest absolute Gasteiger partial charge is 0.190 e. The van der Waals surface area contributed by atoms with E-state index in [1.165, 1.54) is 5.56 Å². The topological polar surface area (TPSA) is 21.3 Å². The van der Waals surface area contributed by atoms with Crippen LogP contribution in [0.5, 0.6) is 5.75 Å². The molecule has 1 aliphatic rings. The maximum atomic E-state index is 5.39. The largest absolute Gasteiger partial charge is 0.440 e. The summed E-state index contributed by atoms with van der Waals surface area (Å²) >= 11 is 0. The molecule has 13 heavy (non-hydrogen) atoms. The molecule has 2 nitrogen and oxygen atoms in total. The second-order valence-electron chi connectivity index (χ2n) is 3.56. The van der Waals surface area contributed by atoms with Gasteiger partial charge in [-0.1, -0.05) is 19.9 Å². The molecule has 1 heterocycles. The summed E-state index contributed by atoms with van der Waals surface area (Å²) in [5.74, 6) is 2.02. The van der Waals surface area contributed by atoms with Crippen LogP contribution in [0, 0.1) is 0 Å². The Hall–Kier alpha value is -1.44. The molecule has 68 valence electrons. The van der Waals surface area contributed by atoms with Gasteiger partial charge >= 0.3 is 0 Å². The lowest BCUT2D eigenvalue weighted by molar-refractivity contribution is 0.459. The average molecular weight is 175 g/mol. The van der Waals surface area contributed by atoms with Gasteiger partial charge in [-0.05, 0) is 30.2 Å². The van der Waals surface area contributed by atoms with Gasteiger partial charge in [-0.25, -0.2) is 0 Å². The highest BCUT2D eigenvalue weighted by Gasteiger charge is 2.15. The second-order valence-corrected chi connectivity index (χ2v) is 3.56. The van der Waals surface area contributed by atoms with Crippen LogP contribution in [-0.4, -0.2) is 0 Å². The highest BCUT2D eigenvalue weighted by molar-refractivity contribution is 5.64. The van der Waals surface area contributed by atoms with E-state index in [2.05, 4.69) is 37.9 Å². The van der Waals surface area contributed by atoms with Crippen molar-refractivity contribution in [1.29, 1.82) is 0 Å². The van der Waals surface area contributed by atoms with Crippen LogP contribution in [0.2, 0.25) is 0 Å². The first-order valence-electron chi connectivity index (χ1n) is 4.44. The highest BCUT2D eigenvalue weighted by atomic mass is 16.5. The van der Waals surface area contributed by atoms with Crippen LogP contribution >= 0.6 is 0 Å². The van der Waals surface area contributed by atoms with E-state index in [0.29, 0.717) is 11.8 Å². The quantitative estimate of drug-likeness (QED) is 0.708. The third kappa shape index (κ3) is 1.39. The van der Waals surface area contributed by atoms with Crippen molar-refractivity contribution in [1.82, 2.24) is 0 Å². The molecule has 0 spiro atoms. The van der Waals surface area contributed by atoms with Gasteiger partial charge in [0.1, 0.15) is 0 Å². The summed E-state index contributed by atoms with van der Waals surface area (Å²) in [5.41, 5.74) is 2.30. The number of hydrogen-bond acceptors (Lipinski definition) is 2. The Morgan fingerprint density at radius 2 is 2.15 bits per heavy atom. The van der Waals surface area contributed by atoms with Gasteiger partial charge in [-0.2, -0.15) is 0 Å². The minimum Gasteiger partial charge on any atom is -0.440 e. The van der Waals surface area contributed by atoms with Gasteiger partial charge in [0.25, 0.3) is 0 Å². The molecule has 0 bridgehead atoms. The van der Waals surface area contributed by atoms with Crippen LogP contribution in [-0.2, 0) is 0 Å². The van der Waals surface area contributed by atoms with E-state index < -0.39 is 0 Å². The first-order valence-corrected chi connectivity index (χ1v) is 4.44. The number of benzene rings is 1. The monoisotopic (exact) mass is 175 g/mol. The Morgan fingerprint density at radius 3 is 2.85 bits per heavy atom. The number of hydrogen-bond donors (Lipinski definition) is 1. The first-order chi connectivity index (χ1) is 6.16. The fourth-order valence-electron chi connectivity index (χ4n) is 1.39. The van der Waals surface area contributed by atoms with E-state index in [0.717, 1.165) is 11.4 Å². The van der Waals surface area contributed by atoms with E-state index in [1.807, 2.05) is 6.07 Å². The summed E-state index contributed by atoms with van der Waals surface area (Å²) in [7, 11) is 0. The van der Waals surface area contributed by atoms with Crippen molar-refractivity contribution in [2.24, 2.45) is 0 Å². The van der Waals surface area contributed by atoms with Crippen LogP contribution in [0.1, 0.15) is 25.3 Å². The molecule has 0 saturated carbocycles. The molecule has 0 radical (unpaired) electrons. The molecule has 0 amide bonds. The molecule has 1 aromatic rings. The maximum absolute atomic E-state index is 5.39. The fraction of sp³-hybridized carbons (Fsp3) is 0.273. The summed E-state index contributed by atoms with van der Waals surface area (Å²) < 4.78 is 5.39. The van der Waals surface area contributed by atoms with Gasteiger partial charge < -0.3 is 10.1 Å². The summed E-state index contributed by atoms with van der Waals surface area (Å²) in [6.45, 7) is 8.04. The zero-order valence-corrected chi connectivity index (χ0v) is 7.92. The van der Waals surface area contributed by atoms with E-state index >= 15 is 0 Å². The van der Waals surface area contributed by atoms with E-state index in [9.17, 15) is 0 Å².